The minimum absolute atomic E-state index is 0.372. The van der Waals surface area contributed by atoms with E-state index in [0.29, 0.717) is 4.58 Å². The van der Waals surface area contributed by atoms with Gasteiger partial charge in [-0.15, -0.1) is 35.3 Å². The molecule has 1 nitrogen and oxygen atoms in total. The second-order valence-electron chi connectivity index (χ2n) is 6.54. The predicted octanol–water partition coefficient (Wildman–Crippen LogP) is 8.55. The monoisotopic (exact) mass is 437 g/mol. The van der Waals surface area contributed by atoms with E-state index in [1.807, 2.05) is 41.4 Å². The van der Waals surface area contributed by atoms with Crippen molar-refractivity contribution in [2.75, 3.05) is 5.75 Å². The van der Waals surface area contributed by atoms with Gasteiger partial charge in [-0.25, -0.2) is 4.99 Å². The minimum Gasteiger partial charge on any atom is -0.247 e. The van der Waals surface area contributed by atoms with Crippen LogP contribution in [0.4, 0.5) is 5.69 Å². The Labute approximate surface area is 187 Å². The number of hydrogen-bond donors (Lipinski definition) is 0. The van der Waals surface area contributed by atoms with Crippen LogP contribution in [0.25, 0.3) is 0 Å². The van der Waals surface area contributed by atoms with Crippen molar-refractivity contribution in [3.05, 3.63) is 91.0 Å². The smallest absolute Gasteiger partial charge is 0.0758 e. The maximum absolute atomic E-state index is 5.01. The van der Waals surface area contributed by atoms with Gasteiger partial charge in [0.25, 0.3) is 0 Å². The van der Waals surface area contributed by atoms with Crippen LogP contribution in [0.2, 0.25) is 0 Å². The first-order chi connectivity index (χ1) is 14.3. The van der Waals surface area contributed by atoms with Crippen LogP contribution in [0.5, 0.6) is 0 Å². The molecular formula is C25H27NS3. The van der Waals surface area contributed by atoms with Gasteiger partial charge in [0.2, 0.25) is 0 Å². The van der Waals surface area contributed by atoms with Gasteiger partial charge in [0.05, 0.1) is 15.3 Å². The zero-order chi connectivity index (χ0) is 20.2. The third-order valence-electron chi connectivity index (χ3n) is 4.14. The Bertz CT molecular complexity index is 810. The van der Waals surface area contributed by atoms with Gasteiger partial charge in [-0.3, -0.25) is 0 Å². The molecule has 4 heteroatoms. The van der Waals surface area contributed by atoms with Crippen LogP contribution in [0.15, 0.2) is 106 Å². The Kier molecular flexibility index (Phi) is 9.77. The number of thioether (sulfide) groups is 3. The van der Waals surface area contributed by atoms with Crippen LogP contribution in [-0.2, 0) is 0 Å². The van der Waals surface area contributed by atoms with E-state index in [-0.39, 0.29) is 0 Å². The van der Waals surface area contributed by atoms with Crippen LogP contribution in [-0.4, -0.2) is 15.4 Å². The highest BCUT2D eigenvalue weighted by molar-refractivity contribution is 8.17. The number of aliphatic imine (C=N–C) groups is 1. The van der Waals surface area contributed by atoms with Crippen molar-refractivity contribution < 1.29 is 0 Å². The van der Waals surface area contributed by atoms with Crippen molar-refractivity contribution in [3.8, 4) is 0 Å². The molecule has 0 fully saturated rings. The van der Waals surface area contributed by atoms with Gasteiger partial charge in [0.15, 0.2) is 0 Å². The normalized spacial score (nSPS) is 11.7. The summed E-state index contributed by atoms with van der Waals surface area (Å²) in [5, 5.41) is 1.22. The molecule has 0 aliphatic carbocycles. The summed E-state index contributed by atoms with van der Waals surface area (Å²) < 4.78 is 0.372. The zero-order valence-electron chi connectivity index (χ0n) is 16.7. The lowest BCUT2D eigenvalue weighted by molar-refractivity contribution is 0.898. The van der Waals surface area contributed by atoms with E-state index in [1.165, 1.54) is 27.7 Å². The number of para-hydroxylation sites is 1. The number of unbranched alkanes of at least 4 members (excludes halogenated alkanes) is 1. The second-order valence-corrected chi connectivity index (χ2v) is 10.6. The fourth-order valence-corrected chi connectivity index (χ4v) is 6.58. The third kappa shape index (κ3) is 8.33. The van der Waals surface area contributed by atoms with Crippen molar-refractivity contribution >= 4 is 46.0 Å². The largest absolute Gasteiger partial charge is 0.247 e. The van der Waals surface area contributed by atoms with Crippen LogP contribution in [0, 0.1) is 0 Å². The third-order valence-corrected chi connectivity index (χ3v) is 7.75. The lowest BCUT2D eigenvalue weighted by Crippen LogP contribution is -2.05. The number of benzene rings is 3. The summed E-state index contributed by atoms with van der Waals surface area (Å²) >= 11 is 5.77. The number of rotatable bonds is 10. The Morgan fingerprint density at radius 3 is 1.79 bits per heavy atom. The lowest BCUT2D eigenvalue weighted by Gasteiger charge is -2.18. The van der Waals surface area contributed by atoms with Crippen molar-refractivity contribution in [1.29, 1.82) is 0 Å². The van der Waals surface area contributed by atoms with Crippen molar-refractivity contribution in [2.45, 2.75) is 40.6 Å². The highest BCUT2D eigenvalue weighted by Gasteiger charge is 2.16. The van der Waals surface area contributed by atoms with Gasteiger partial charge in [0.1, 0.15) is 0 Å². The predicted molar refractivity (Wildman–Crippen MR) is 134 cm³/mol. The molecule has 3 aromatic carbocycles. The van der Waals surface area contributed by atoms with Crippen LogP contribution in [0.3, 0.4) is 0 Å². The van der Waals surface area contributed by atoms with E-state index < -0.39 is 0 Å². The zero-order valence-corrected chi connectivity index (χ0v) is 19.2. The average Bonchev–Trinajstić information content (AvgIpc) is 2.76. The summed E-state index contributed by atoms with van der Waals surface area (Å²) in [6.07, 6.45) is 3.38. The molecule has 0 amide bonds. The van der Waals surface area contributed by atoms with E-state index in [4.69, 9.17) is 4.99 Å². The molecule has 0 aliphatic rings. The first kappa shape index (κ1) is 22.1. The molecule has 0 saturated heterocycles. The van der Waals surface area contributed by atoms with E-state index in [2.05, 4.69) is 91.9 Å². The molecule has 0 radical (unpaired) electrons. The highest BCUT2D eigenvalue weighted by Crippen LogP contribution is 2.39. The summed E-state index contributed by atoms with van der Waals surface area (Å²) in [6.45, 7) is 2.24. The molecule has 0 atom stereocenters. The number of hydrogen-bond acceptors (Lipinski definition) is 4. The van der Waals surface area contributed by atoms with Crippen LogP contribution >= 0.6 is 35.3 Å². The minimum atomic E-state index is 0.372. The highest BCUT2D eigenvalue weighted by atomic mass is 32.2. The summed E-state index contributed by atoms with van der Waals surface area (Å²) in [5.41, 5.74) is 1.04. The topological polar surface area (TPSA) is 12.4 Å². The summed E-state index contributed by atoms with van der Waals surface area (Å²) in [4.78, 5) is 7.61. The van der Waals surface area contributed by atoms with Crippen LogP contribution < -0.4 is 0 Å². The fourth-order valence-electron chi connectivity index (χ4n) is 2.67. The van der Waals surface area contributed by atoms with E-state index >= 15 is 0 Å². The molecule has 150 valence electrons. The number of nitrogens with zero attached hydrogens (tertiary/aromatic N) is 1. The van der Waals surface area contributed by atoms with Crippen molar-refractivity contribution in [3.63, 3.8) is 0 Å². The molecule has 0 N–H and O–H groups in total. The molecule has 0 unspecified atom stereocenters. The van der Waals surface area contributed by atoms with Gasteiger partial charge in [-0.1, -0.05) is 67.9 Å². The molecule has 0 heterocycles. The second kappa shape index (κ2) is 12.8. The van der Waals surface area contributed by atoms with Crippen LogP contribution in [0.1, 0.15) is 26.2 Å². The van der Waals surface area contributed by atoms with Crippen molar-refractivity contribution in [2.24, 2.45) is 4.99 Å². The van der Waals surface area contributed by atoms with Gasteiger partial charge < -0.3 is 0 Å². The molecule has 0 spiro atoms. The van der Waals surface area contributed by atoms with Gasteiger partial charge in [0, 0.05) is 16.2 Å². The molecule has 0 bridgehead atoms. The van der Waals surface area contributed by atoms with Gasteiger partial charge >= 0.3 is 0 Å². The van der Waals surface area contributed by atoms with E-state index in [1.54, 1.807) is 0 Å². The quantitative estimate of drug-likeness (QED) is 0.104. The Morgan fingerprint density at radius 1 is 0.759 bits per heavy atom. The maximum atomic E-state index is 5.01. The van der Waals surface area contributed by atoms with Gasteiger partial charge in [-0.2, -0.15) is 0 Å². The Hall–Kier alpha value is -1.62. The molecule has 3 rings (SSSR count). The Balaban J connectivity index is 1.79. The molecule has 0 aromatic heterocycles. The van der Waals surface area contributed by atoms with E-state index in [0.717, 1.165) is 17.9 Å². The van der Waals surface area contributed by atoms with Crippen molar-refractivity contribution in [1.82, 2.24) is 0 Å². The average molecular weight is 438 g/mol. The Morgan fingerprint density at radius 2 is 1.28 bits per heavy atom. The summed E-state index contributed by atoms with van der Waals surface area (Å²) in [5.74, 6) is 1.13. The molecular weight excluding hydrogens is 410 g/mol. The first-order valence-electron chi connectivity index (χ1n) is 10.0. The first-order valence-corrected chi connectivity index (χ1v) is 12.8. The standard InChI is InChI=1S/C25H27NS3/c1-2-3-19-27-24(26-21-13-7-4-8-14-21)20-25(28-22-15-9-5-10-16-22)29-23-17-11-6-12-18-23/h4-18,25H,2-3,19-20H2,1H3. The lowest BCUT2D eigenvalue weighted by atomic mass is 10.3. The molecule has 3 aromatic rings. The summed E-state index contributed by atoms with van der Waals surface area (Å²) in [7, 11) is 0. The SMILES string of the molecule is CCCCSC(CC(Sc1ccccc1)Sc1ccccc1)=Nc1ccccc1. The molecule has 0 saturated carbocycles. The van der Waals surface area contributed by atoms with Gasteiger partial charge in [-0.05, 0) is 48.6 Å². The maximum Gasteiger partial charge on any atom is 0.0758 e. The molecule has 0 aliphatic heterocycles. The summed E-state index contributed by atoms with van der Waals surface area (Å²) in [6, 6.07) is 31.7. The molecule has 29 heavy (non-hydrogen) atoms. The fraction of sp³-hybridized carbons (Fsp3) is 0.240. The van der Waals surface area contributed by atoms with E-state index in [9.17, 15) is 0 Å².